The molecule has 2 nitrogen and oxygen atoms in total. The molecule has 2 N–H and O–H groups in total. The van der Waals surface area contributed by atoms with Crippen LogP contribution in [0.1, 0.15) is 11.7 Å². The highest BCUT2D eigenvalue weighted by atomic mass is 19.1. The molecule has 0 saturated carbocycles. The van der Waals surface area contributed by atoms with Crippen molar-refractivity contribution in [3.63, 3.8) is 0 Å². The Morgan fingerprint density at radius 1 is 1.50 bits per heavy atom. The molecule has 0 fully saturated rings. The average Bonchev–Trinajstić information content (AvgIpc) is 2.08. The second-order valence-corrected chi connectivity index (χ2v) is 2.36. The van der Waals surface area contributed by atoms with Gasteiger partial charge >= 0.3 is 0 Å². The summed E-state index contributed by atoms with van der Waals surface area (Å²) in [5.41, 5.74) is 0.130. The maximum atomic E-state index is 12.7. The Morgan fingerprint density at radius 2 is 2.17 bits per heavy atom. The summed E-state index contributed by atoms with van der Waals surface area (Å²) < 4.78 is 12.7. The van der Waals surface area contributed by atoms with E-state index in [-0.39, 0.29) is 5.56 Å². The van der Waals surface area contributed by atoms with Crippen LogP contribution in [-0.2, 0) is 0 Å². The van der Waals surface area contributed by atoms with Crippen LogP contribution in [0.15, 0.2) is 30.9 Å². The molecule has 12 heavy (non-hydrogen) atoms. The Hall–Kier alpha value is -1.35. The number of rotatable bonds is 2. The molecule has 1 aromatic carbocycles. The van der Waals surface area contributed by atoms with E-state index in [2.05, 4.69) is 6.58 Å². The van der Waals surface area contributed by atoms with Crippen LogP contribution in [-0.4, -0.2) is 10.2 Å². The van der Waals surface area contributed by atoms with Crippen molar-refractivity contribution in [1.82, 2.24) is 0 Å². The van der Waals surface area contributed by atoms with Gasteiger partial charge in [-0.1, -0.05) is 18.2 Å². The number of para-hydroxylation sites is 1. The van der Waals surface area contributed by atoms with Gasteiger partial charge in [0.05, 0.1) is 0 Å². The van der Waals surface area contributed by atoms with Gasteiger partial charge in [-0.05, 0) is 6.07 Å². The maximum Gasteiger partial charge on any atom is 0.165 e. The quantitative estimate of drug-likeness (QED) is 0.660. The molecule has 0 aliphatic carbocycles. The molecule has 0 aromatic heterocycles. The fourth-order valence-electron chi connectivity index (χ4n) is 0.898. The molecule has 1 unspecified atom stereocenters. The zero-order valence-corrected chi connectivity index (χ0v) is 6.37. The lowest BCUT2D eigenvalue weighted by Gasteiger charge is -2.07. The first-order chi connectivity index (χ1) is 5.66. The molecular weight excluding hydrogens is 159 g/mol. The molecule has 0 aliphatic heterocycles. The largest absolute Gasteiger partial charge is 0.505 e. The summed E-state index contributed by atoms with van der Waals surface area (Å²) in [7, 11) is 0. The molecule has 0 amide bonds. The van der Waals surface area contributed by atoms with Gasteiger partial charge in [-0.3, -0.25) is 0 Å². The maximum absolute atomic E-state index is 12.7. The molecule has 1 aromatic rings. The third-order valence-corrected chi connectivity index (χ3v) is 1.56. The summed E-state index contributed by atoms with van der Waals surface area (Å²) in [6, 6.07) is 3.97. The Balaban J connectivity index is 3.15. The summed E-state index contributed by atoms with van der Waals surface area (Å²) in [6.07, 6.45) is 0.190. The summed E-state index contributed by atoms with van der Waals surface area (Å²) in [4.78, 5) is 0. The standard InChI is InChI=1S/C9H9FO2/c1-2-8(11)6-4-3-5-7(10)9(6)12/h2-5,8,11-12H,1H2. The molecule has 3 heteroatoms. The molecule has 0 aliphatic rings. The third-order valence-electron chi connectivity index (χ3n) is 1.56. The smallest absolute Gasteiger partial charge is 0.165 e. The molecule has 0 saturated heterocycles. The number of hydrogen-bond donors (Lipinski definition) is 2. The molecule has 1 rings (SSSR count). The zero-order chi connectivity index (χ0) is 9.14. The zero-order valence-electron chi connectivity index (χ0n) is 6.37. The minimum absolute atomic E-state index is 0.130. The summed E-state index contributed by atoms with van der Waals surface area (Å²) >= 11 is 0. The van der Waals surface area contributed by atoms with E-state index < -0.39 is 17.7 Å². The first kappa shape index (κ1) is 8.74. The number of hydrogen-bond acceptors (Lipinski definition) is 2. The van der Waals surface area contributed by atoms with Crippen molar-refractivity contribution in [3.8, 4) is 5.75 Å². The third kappa shape index (κ3) is 1.46. The predicted molar refractivity (Wildman–Crippen MR) is 43.2 cm³/mol. The van der Waals surface area contributed by atoms with Gasteiger partial charge in [0.2, 0.25) is 0 Å². The van der Waals surface area contributed by atoms with E-state index in [9.17, 15) is 9.50 Å². The van der Waals surface area contributed by atoms with Crippen molar-refractivity contribution in [1.29, 1.82) is 0 Å². The van der Waals surface area contributed by atoms with Gasteiger partial charge in [0.1, 0.15) is 6.10 Å². The Labute approximate surface area is 69.6 Å². The first-order valence-corrected chi connectivity index (χ1v) is 3.45. The van der Waals surface area contributed by atoms with Crippen LogP contribution in [0.4, 0.5) is 4.39 Å². The van der Waals surface area contributed by atoms with Gasteiger partial charge < -0.3 is 10.2 Å². The lowest BCUT2D eigenvalue weighted by atomic mass is 10.1. The van der Waals surface area contributed by atoms with Crippen LogP contribution < -0.4 is 0 Å². The number of aliphatic hydroxyl groups excluding tert-OH is 1. The van der Waals surface area contributed by atoms with Crippen molar-refractivity contribution in [2.45, 2.75) is 6.10 Å². The van der Waals surface area contributed by atoms with E-state index in [1.807, 2.05) is 0 Å². The number of phenols is 1. The fourth-order valence-corrected chi connectivity index (χ4v) is 0.898. The van der Waals surface area contributed by atoms with Gasteiger partial charge in [-0.15, -0.1) is 6.58 Å². The second kappa shape index (κ2) is 3.36. The fraction of sp³-hybridized carbons (Fsp3) is 0.111. The molecule has 0 bridgehead atoms. The van der Waals surface area contributed by atoms with E-state index in [1.54, 1.807) is 0 Å². The molecule has 1 atom stereocenters. The lowest BCUT2D eigenvalue weighted by molar-refractivity contribution is 0.222. The topological polar surface area (TPSA) is 40.5 Å². The Morgan fingerprint density at radius 3 is 2.75 bits per heavy atom. The number of aliphatic hydroxyl groups is 1. The van der Waals surface area contributed by atoms with E-state index >= 15 is 0 Å². The van der Waals surface area contributed by atoms with Gasteiger partial charge in [0.15, 0.2) is 11.6 Å². The van der Waals surface area contributed by atoms with E-state index in [4.69, 9.17) is 5.11 Å². The van der Waals surface area contributed by atoms with Crippen LogP contribution in [0.2, 0.25) is 0 Å². The SMILES string of the molecule is C=CC(O)c1cccc(F)c1O. The molecule has 0 radical (unpaired) electrons. The van der Waals surface area contributed by atoms with Crippen LogP contribution in [0.3, 0.4) is 0 Å². The van der Waals surface area contributed by atoms with Crippen molar-refractivity contribution >= 4 is 0 Å². The number of benzene rings is 1. The molecule has 0 spiro atoms. The Bertz CT molecular complexity index is 297. The van der Waals surface area contributed by atoms with E-state index in [0.29, 0.717) is 0 Å². The van der Waals surface area contributed by atoms with E-state index in [1.165, 1.54) is 18.2 Å². The summed E-state index contributed by atoms with van der Waals surface area (Å²) in [5, 5.41) is 18.3. The lowest BCUT2D eigenvalue weighted by Crippen LogP contribution is -1.94. The number of aromatic hydroxyl groups is 1. The molecule has 64 valence electrons. The highest BCUT2D eigenvalue weighted by Crippen LogP contribution is 2.26. The van der Waals surface area contributed by atoms with Crippen LogP contribution in [0, 0.1) is 5.82 Å². The Kier molecular flexibility index (Phi) is 2.45. The van der Waals surface area contributed by atoms with Crippen LogP contribution in [0.25, 0.3) is 0 Å². The monoisotopic (exact) mass is 168 g/mol. The predicted octanol–water partition coefficient (Wildman–Crippen LogP) is 1.75. The van der Waals surface area contributed by atoms with Gasteiger partial charge in [0, 0.05) is 5.56 Å². The number of phenolic OH excluding ortho intramolecular Hbond substituents is 1. The first-order valence-electron chi connectivity index (χ1n) is 3.45. The second-order valence-electron chi connectivity index (χ2n) is 2.36. The number of halogens is 1. The molecular formula is C9H9FO2. The van der Waals surface area contributed by atoms with Gasteiger partial charge in [-0.2, -0.15) is 0 Å². The van der Waals surface area contributed by atoms with E-state index in [0.717, 1.165) is 6.07 Å². The van der Waals surface area contributed by atoms with Crippen LogP contribution in [0.5, 0.6) is 5.75 Å². The van der Waals surface area contributed by atoms with Crippen molar-refractivity contribution in [2.24, 2.45) is 0 Å². The van der Waals surface area contributed by atoms with Crippen molar-refractivity contribution in [3.05, 3.63) is 42.2 Å². The highest BCUT2D eigenvalue weighted by Gasteiger charge is 2.11. The van der Waals surface area contributed by atoms with Crippen molar-refractivity contribution in [2.75, 3.05) is 0 Å². The minimum atomic E-state index is -1.03. The summed E-state index contributed by atoms with van der Waals surface area (Å²) in [5.74, 6) is -1.27. The van der Waals surface area contributed by atoms with Gasteiger partial charge in [-0.25, -0.2) is 4.39 Å². The normalized spacial score (nSPS) is 12.5. The highest BCUT2D eigenvalue weighted by molar-refractivity contribution is 5.36. The summed E-state index contributed by atoms with van der Waals surface area (Å²) in [6.45, 7) is 3.32. The minimum Gasteiger partial charge on any atom is -0.505 e. The van der Waals surface area contributed by atoms with Crippen LogP contribution >= 0.6 is 0 Å². The average molecular weight is 168 g/mol. The van der Waals surface area contributed by atoms with Crippen molar-refractivity contribution < 1.29 is 14.6 Å². The van der Waals surface area contributed by atoms with Gasteiger partial charge in [0.25, 0.3) is 0 Å². The molecule has 0 heterocycles.